The highest BCUT2D eigenvalue weighted by Crippen LogP contribution is 2.18. The predicted molar refractivity (Wildman–Crippen MR) is 81.9 cm³/mol. The zero-order valence-electron chi connectivity index (χ0n) is 12.0. The summed E-state index contributed by atoms with van der Waals surface area (Å²) in [5.74, 6) is -0.972. The molecule has 6 nitrogen and oxygen atoms in total. The highest BCUT2D eigenvalue weighted by Gasteiger charge is 2.03. The lowest BCUT2D eigenvalue weighted by molar-refractivity contribution is -0.137. The summed E-state index contributed by atoms with van der Waals surface area (Å²) in [5.41, 5.74) is 2.12. The van der Waals surface area contributed by atoms with Crippen LogP contribution in [0, 0.1) is 0 Å². The molecule has 2 aromatic heterocycles. The van der Waals surface area contributed by atoms with Gasteiger partial charge in [0.15, 0.2) is 0 Å². The number of carbonyl (C=O) groups is 2. The molecule has 0 aromatic carbocycles. The van der Waals surface area contributed by atoms with E-state index in [4.69, 9.17) is 4.74 Å². The van der Waals surface area contributed by atoms with Crippen molar-refractivity contribution in [1.29, 1.82) is 0 Å². The van der Waals surface area contributed by atoms with Gasteiger partial charge in [-0.25, -0.2) is 4.79 Å². The number of nitrogens with one attached hydrogen (secondary N) is 1. The number of nitrogens with zero attached hydrogens (tertiary/aromatic N) is 2. The van der Waals surface area contributed by atoms with Gasteiger partial charge >= 0.3 is 5.97 Å². The van der Waals surface area contributed by atoms with Crippen LogP contribution < -0.4 is 5.32 Å². The van der Waals surface area contributed by atoms with Crippen molar-refractivity contribution in [1.82, 2.24) is 9.97 Å². The van der Waals surface area contributed by atoms with Gasteiger partial charge in [-0.15, -0.1) is 0 Å². The molecular formula is C16H15N3O3. The average Bonchev–Trinajstić information content (AvgIpc) is 2.54. The van der Waals surface area contributed by atoms with Crippen molar-refractivity contribution >= 4 is 17.6 Å². The van der Waals surface area contributed by atoms with Gasteiger partial charge in [-0.05, 0) is 31.2 Å². The van der Waals surface area contributed by atoms with Crippen molar-refractivity contribution < 1.29 is 14.3 Å². The first-order valence-corrected chi connectivity index (χ1v) is 6.71. The number of rotatable bonds is 5. The number of pyridine rings is 2. The van der Waals surface area contributed by atoms with E-state index in [-0.39, 0.29) is 6.61 Å². The van der Waals surface area contributed by atoms with Gasteiger partial charge in [0.1, 0.15) is 0 Å². The third-order valence-electron chi connectivity index (χ3n) is 2.64. The molecule has 0 aliphatic rings. The maximum Gasteiger partial charge on any atom is 0.330 e. The standard InChI is InChI=1S/C16H15N3O3/c1-2-22-16(21)6-5-15(20)19-13-7-9-18-14(10-13)12-4-3-8-17-11-12/h3-11H,2H2,1H3,(H,18,19,20)/b6-5+. The van der Waals surface area contributed by atoms with Gasteiger partial charge < -0.3 is 10.1 Å². The van der Waals surface area contributed by atoms with Crippen LogP contribution in [0.2, 0.25) is 0 Å². The number of esters is 1. The Balaban J connectivity index is 2.05. The molecule has 2 heterocycles. The maximum absolute atomic E-state index is 11.7. The van der Waals surface area contributed by atoms with E-state index in [2.05, 4.69) is 15.3 Å². The lowest BCUT2D eigenvalue weighted by Crippen LogP contribution is -2.09. The zero-order chi connectivity index (χ0) is 15.8. The Bertz CT molecular complexity index is 684. The van der Waals surface area contributed by atoms with E-state index in [1.165, 1.54) is 0 Å². The summed E-state index contributed by atoms with van der Waals surface area (Å²) in [6.07, 6.45) is 7.17. The second kappa shape index (κ2) is 7.68. The normalized spacial score (nSPS) is 10.4. The average molecular weight is 297 g/mol. The Labute approximate surface area is 127 Å². The number of hydrogen-bond donors (Lipinski definition) is 1. The molecule has 1 N–H and O–H groups in total. The third-order valence-corrected chi connectivity index (χ3v) is 2.64. The summed E-state index contributed by atoms with van der Waals surface area (Å²) in [5, 5.41) is 2.66. The summed E-state index contributed by atoms with van der Waals surface area (Å²) in [6.45, 7) is 1.96. The van der Waals surface area contributed by atoms with Crippen molar-refractivity contribution in [3.05, 3.63) is 55.0 Å². The molecule has 0 aliphatic carbocycles. The van der Waals surface area contributed by atoms with Crippen molar-refractivity contribution in [3.63, 3.8) is 0 Å². The van der Waals surface area contributed by atoms with Crippen molar-refractivity contribution in [2.24, 2.45) is 0 Å². The van der Waals surface area contributed by atoms with Gasteiger partial charge in [-0.1, -0.05) is 0 Å². The van der Waals surface area contributed by atoms with E-state index in [0.717, 1.165) is 17.7 Å². The van der Waals surface area contributed by atoms with Crippen LogP contribution in [0.1, 0.15) is 6.92 Å². The second-order valence-electron chi connectivity index (χ2n) is 4.25. The minimum atomic E-state index is -0.552. The molecule has 112 valence electrons. The Kier molecular flexibility index (Phi) is 5.37. The Hall–Kier alpha value is -3.02. The summed E-state index contributed by atoms with van der Waals surface area (Å²) in [6, 6.07) is 7.08. The molecule has 22 heavy (non-hydrogen) atoms. The first-order valence-electron chi connectivity index (χ1n) is 6.71. The van der Waals surface area contributed by atoms with Gasteiger partial charge in [0.2, 0.25) is 5.91 Å². The lowest BCUT2D eigenvalue weighted by atomic mass is 10.2. The number of aromatic nitrogens is 2. The van der Waals surface area contributed by atoms with Crippen LogP contribution >= 0.6 is 0 Å². The van der Waals surface area contributed by atoms with Gasteiger partial charge in [0.25, 0.3) is 0 Å². The topological polar surface area (TPSA) is 81.2 Å². The van der Waals surface area contributed by atoms with E-state index < -0.39 is 11.9 Å². The molecule has 0 saturated carbocycles. The van der Waals surface area contributed by atoms with E-state index in [1.807, 2.05) is 12.1 Å². The van der Waals surface area contributed by atoms with Crippen molar-refractivity contribution in [2.45, 2.75) is 6.92 Å². The maximum atomic E-state index is 11.7. The fourth-order valence-electron chi connectivity index (χ4n) is 1.70. The smallest absolute Gasteiger partial charge is 0.330 e. The van der Waals surface area contributed by atoms with Crippen LogP contribution in [0.15, 0.2) is 55.0 Å². The van der Waals surface area contributed by atoms with E-state index >= 15 is 0 Å². The Morgan fingerprint density at radius 3 is 2.86 bits per heavy atom. The summed E-state index contributed by atoms with van der Waals surface area (Å²) >= 11 is 0. The molecule has 0 atom stereocenters. The van der Waals surface area contributed by atoms with Gasteiger partial charge in [0, 0.05) is 42.0 Å². The quantitative estimate of drug-likeness (QED) is 0.676. The SMILES string of the molecule is CCOC(=O)/C=C/C(=O)Nc1ccnc(-c2cccnc2)c1. The molecule has 0 radical (unpaired) electrons. The second-order valence-corrected chi connectivity index (χ2v) is 4.25. The summed E-state index contributed by atoms with van der Waals surface area (Å²) < 4.78 is 4.70. The predicted octanol–water partition coefficient (Wildman–Crippen LogP) is 2.20. The van der Waals surface area contributed by atoms with Crippen molar-refractivity contribution in [3.8, 4) is 11.3 Å². The molecule has 0 bridgehead atoms. The van der Waals surface area contributed by atoms with Gasteiger partial charge in [-0.2, -0.15) is 0 Å². The molecular weight excluding hydrogens is 282 g/mol. The molecule has 1 amide bonds. The first kappa shape index (κ1) is 15.4. The number of carbonyl (C=O) groups excluding carboxylic acids is 2. The number of anilines is 1. The molecule has 0 spiro atoms. The minimum absolute atomic E-state index is 0.267. The van der Waals surface area contributed by atoms with Gasteiger partial charge in [0.05, 0.1) is 12.3 Å². The molecule has 2 aromatic rings. The molecule has 0 aliphatic heterocycles. The summed E-state index contributed by atoms with van der Waals surface area (Å²) in [7, 11) is 0. The van der Waals surface area contributed by atoms with E-state index in [0.29, 0.717) is 11.4 Å². The Morgan fingerprint density at radius 2 is 2.14 bits per heavy atom. The number of amides is 1. The first-order chi connectivity index (χ1) is 10.7. The lowest BCUT2D eigenvalue weighted by Gasteiger charge is -2.05. The highest BCUT2D eigenvalue weighted by molar-refractivity contribution is 6.02. The Morgan fingerprint density at radius 1 is 1.27 bits per heavy atom. The third kappa shape index (κ3) is 4.52. The molecule has 2 rings (SSSR count). The summed E-state index contributed by atoms with van der Waals surface area (Å²) in [4.78, 5) is 31.1. The van der Waals surface area contributed by atoms with Crippen LogP contribution in [0.5, 0.6) is 0 Å². The van der Waals surface area contributed by atoms with Crippen LogP contribution in [0.3, 0.4) is 0 Å². The van der Waals surface area contributed by atoms with Gasteiger partial charge in [-0.3, -0.25) is 14.8 Å². The van der Waals surface area contributed by atoms with E-state index in [1.54, 1.807) is 37.6 Å². The van der Waals surface area contributed by atoms with Crippen LogP contribution in [-0.4, -0.2) is 28.5 Å². The monoisotopic (exact) mass is 297 g/mol. The molecule has 6 heteroatoms. The van der Waals surface area contributed by atoms with Crippen LogP contribution in [0.25, 0.3) is 11.3 Å². The van der Waals surface area contributed by atoms with Crippen LogP contribution in [0.4, 0.5) is 5.69 Å². The zero-order valence-corrected chi connectivity index (χ0v) is 12.0. The molecule has 0 saturated heterocycles. The fourth-order valence-corrected chi connectivity index (χ4v) is 1.70. The van der Waals surface area contributed by atoms with Crippen LogP contribution in [-0.2, 0) is 14.3 Å². The number of ether oxygens (including phenoxy) is 1. The molecule has 0 fully saturated rings. The van der Waals surface area contributed by atoms with Crippen molar-refractivity contribution in [2.75, 3.05) is 11.9 Å². The largest absolute Gasteiger partial charge is 0.463 e. The fraction of sp³-hybridized carbons (Fsp3) is 0.125. The molecule has 0 unspecified atom stereocenters. The highest BCUT2D eigenvalue weighted by atomic mass is 16.5. The number of hydrogen-bond acceptors (Lipinski definition) is 5. The minimum Gasteiger partial charge on any atom is -0.463 e. The van der Waals surface area contributed by atoms with E-state index in [9.17, 15) is 9.59 Å².